The maximum absolute atomic E-state index is 14.3. The van der Waals surface area contributed by atoms with Gasteiger partial charge >= 0.3 is 6.03 Å². The van der Waals surface area contributed by atoms with Crippen molar-refractivity contribution >= 4 is 46.1 Å². The van der Waals surface area contributed by atoms with Gasteiger partial charge in [0.15, 0.2) is 0 Å². The van der Waals surface area contributed by atoms with E-state index in [1.165, 1.54) is 16.8 Å². The fraction of sp³-hybridized carbons (Fsp3) is 0.170. The molecule has 6 aromatic carbocycles. The number of hydrogen-bond donors (Lipinski definition) is 1. The predicted octanol–water partition coefficient (Wildman–Crippen LogP) is 9.27. The van der Waals surface area contributed by atoms with Crippen LogP contribution in [0.5, 0.6) is 5.75 Å². The van der Waals surface area contributed by atoms with E-state index in [-0.39, 0.29) is 17.4 Å². The first-order chi connectivity index (χ1) is 26.4. The maximum Gasteiger partial charge on any atom is 0.335 e. The van der Waals surface area contributed by atoms with Gasteiger partial charge in [-0.15, -0.1) is 0 Å². The number of carbonyl (C=O) groups is 3. The molecule has 0 spiro atoms. The molecule has 54 heavy (non-hydrogen) atoms. The summed E-state index contributed by atoms with van der Waals surface area (Å²) >= 11 is 0. The van der Waals surface area contributed by atoms with Gasteiger partial charge in [0, 0.05) is 36.2 Å². The highest BCUT2D eigenvalue weighted by Gasteiger charge is 2.40. The number of carbonyl (C=O) groups excluding carboxylic acids is 3. The number of amides is 4. The summed E-state index contributed by atoms with van der Waals surface area (Å²) in [5, 5.41) is 4.77. The molecule has 1 saturated heterocycles. The Morgan fingerprint density at radius 1 is 0.722 bits per heavy atom. The van der Waals surface area contributed by atoms with Gasteiger partial charge in [-0.3, -0.25) is 14.9 Å². The number of imide groups is 2. The van der Waals surface area contributed by atoms with E-state index in [0.29, 0.717) is 23.6 Å². The third-order valence-electron chi connectivity index (χ3n) is 11.2. The average Bonchev–Trinajstić information content (AvgIpc) is 3.20. The second kappa shape index (κ2) is 13.8. The number of hydrogen-bond acceptors (Lipinski definition) is 5. The molecule has 2 atom stereocenters. The van der Waals surface area contributed by atoms with Gasteiger partial charge in [0.25, 0.3) is 11.8 Å². The van der Waals surface area contributed by atoms with Crippen molar-refractivity contribution in [3.63, 3.8) is 0 Å². The molecule has 0 aromatic heterocycles. The highest BCUT2D eigenvalue weighted by molar-refractivity contribution is 6.39. The van der Waals surface area contributed by atoms with Crippen LogP contribution in [0.1, 0.15) is 63.6 Å². The van der Waals surface area contributed by atoms with Crippen LogP contribution in [0.3, 0.4) is 0 Å². The number of nitrogens with one attached hydrogen (secondary N) is 1. The standard InChI is InChI=1S/C47H39N3O4/c1-30-16-19-34-14-8-9-15-37(34)43(30)29-54-36-20-17-31(18-21-36)26-42-45(51)48-47(53)50(46(42)52)35-27-40-38(32-10-4-2-5-11-32)22-24-49-25-23-39(41(28-35)44(40)49)33-12-6-3-7-13-33/h2-21,26-28,38-39H,22-25,29H2,1H3,(H,48,51,53)/b42-26+/t38-,39-/m1/s1. The van der Waals surface area contributed by atoms with E-state index < -0.39 is 17.8 Å². The molecule has 0 unspecified atom stereocenters. The van der Waals surface area contributed by atoms with Crippen LogP contribution in [-0.4, -0.2) is 30.9 Å². The number of aryl methyl sites for hydroxylation is 1. The van der Waals surface area contributed by atoms with E-state index in [2.05, 4.69) is 89.9 Å². The summed E-state index contributed by atoms with van der Waals surface area (Å²) in [6.07, 6.45) is 3.38. The van der Waals surface area contributed by atoms with Crippen LogP contribution in [0.4, 0.5) is 16.2 Å². The topological polar surface area (TPSA) is 79.0 Å². The van der Waals surface area contributed by atoms with Crippen LogP contribution in [0, 0.1) is 6.92 Å². The molecule has 9 rings (SSSR count). The first-order valence-corrected chi connectivity index (χ1v) is 18.6. The first kappa shape index (κ1) is 33.4. The van der Waals surface area contributed by atoms with E-state index in [1.807, 2.05) is 60.7 Å². The lowest BCUT2D eigenvalue weighted by atomic mass is 9.76. The van der Waals surface area contributed by atoms with Gasteiger partial charge in [-0.1, -0.05) is 109 Å². The molecule has 3 heterocycles. The van der Waals surface area contributed by atoms with E-state index in [1.54, 1.807) is 6.08 Å². The number of fused-ring (bicyclic) bond motifs is 1. The number of benzene rings is 6. The van der Waals surface area contributed by atoms with Crippen molar-refractivity contribution in [2.24, 2.45) is 0 Å². The lowest BCUT2D eigenvalue weighted by Crippen LogP contribution is -2.54. The van der Waals surface area contributed by atoms with Crippen LogP contribution in [0.25, 0.3) is 16.8 Å². The molecular weight excluding hydrogens is 671 g/mol. The maximum atomic E-state index is 14.3. The molecule has 0 radical (unpaired) electrons. The Kier molecular flexibility index (Phi) is 8.54. The minimum Gasteiger partial charge on any atom is -0.489 e. The zero-order chi connectivity index (χ0) is 36.8. The minimum absolute atomic E-state index is 0.0931. The third kappa shape index (κ3) is 6.01. The molecule has 0 bridgehead atoms. The minimum atomic E-state index is -0.752. The summed E-state index contributed by atoms with van der Waals surface area (Å²) in [6, 6.07) is 43.8. The van der Waals surface area contributed by atoms with Crippen molar-refractivity contribution in [2.75, 3.05) is 22.9 Å². The van der Waals surface area contributed by atoms with Gasteiger partial charge in [0.2, 0.25) is 0 Å². The summed E-state index contributed by atoms with van der Waals surface area (Å²) in [5.74, 6) is -0.522. The van der Waals surface area contributed by atoms with Gasteiger partial charge in [-0.25, -0.2) is 9.69 Å². The molecule has 0 aliphatic carbocycles. The van der Waals surface area contributed by atoms with Crippen molar-refractivity contribution in [2.45, 2.75) is 38.2 Å². The number of urea groups is 1. The Labute approximate surface area is 314 Å². The fourth-order valence-electron chi connectivity index (χ4n) is 8.48. The van der Waals surface area contributed by atoms with Gasteiger partial charge in [0.1, 0.15) is 17.9 Å². The number of anilines is 2. The lowest BCUT2D eigenvalue weighted by molar-refractivity contribution is -0.122. The molecule has 1 fully saturated rings. The van der Waals surface area contributed by atoms with Crippen molar-refractivity contribution in [1.82, 2.24) is 5.32 Å². The zero-order valence-electron chi connectivity index (χ0n) is 30.0. The smallest absolute Gasteiger partial charge is 0.335 e. The van der Waals surface area contributed by atoms with E-state index in [0.717, 1.165) is 63.9 Å². The van der Waals surface area contributed by atoms with Gasteiger partial charge in [0.05, 0.1) is 5.69 Å². The van der Waals surface area contributed by atoms with Crippen LogP contribution < -0.4 is 19.9 Å². The van der Waals surface area contributed by atoms with Crippen LogP contribution in [0.15, 0.2) is 139 Å². The van der Waals surface area contributed by atoms with Gasteiger partial charge < -0.3 is 9.64 Å². The molecular formula is C47H39N3O4. The van der Waals surface area contributed by atoms with Crippen LogP contribution in [0.2, 0.25) is 0 Å². The molecule has 7 heteroatoms. The highest BCUT2D eigenvalue weighted by Crippen LogP contribution is 2.50. The molecule has 0 saturated carbocycles. The normalized spacial score (nSPS) is 18.8. The monoisotopic (exact) mass is 709 g/mol. The Balaban J connectivity index is 1.05. The van der Waals surface area contributed by atoms with E-state index >= 15 is 0 Å². The average molecular weight is 710 g/mol. The second-order valence-corrected chi connectivity index (χ2v) is 14.4. The Bertz CT molecular complexity index is 2380. The fourth-order valence-corrected chi connectivity index (χ4v) is 8.48. The van der Waals surface area contributed by atoms with Crippen molar-refractivity contribution < 1.29 is 19.1 Å². The second-order valence-electron chi connectivity index (χ2n) is 14.4. The number of rotatable bonds is 7. The lowest BCUT2D eigenvalue weighted by Gasteiger charge is -2.44. The Morgan fingerprint density at radius 2 is 1.33 bits per heavy atom. The Morgan fingerprint density at radius 3 is 1.98 bits per heavy atom. The predicted molar refractivity (Wildman–Crippen MR) is 213 cm³/mol. The molecule has 3 aliphatic heterocycles. The summed E-state index contributed by atoms with van der Waals surface area (Å²) in [7, 11) is 0. The summed E-state index contributed by atoms with van der Waals surface area (Å²) in [6.45, 7) is 4.34. The zero-order valence-corrected chi connectivity index (χ0v) is 30.0. The van der Waals surface area contributed by atoms with Crippen LogP contribution in [-0.2, 0) is 16.2 Å². The molecule has 4 amide bonds. The van der Waals surface area contributed by atoms with Gasteiger partial charge in [-0.05, 0) is 94.3 Å². The Hall–Kier alpha value is -6.47. The summed E-state index contributed by atoms with van der Waals surface area (Å²) < 4.78 is 6.19. The third-order valence-corrected chi connectivity index (χ3v) is 11.2. The van der Waals surface area contributed by atoms with E-state index in [4.69, 9.17) is 4.74 Å². The number of barbiturate groups is 1. The van der Waals surface area contributed by atoms with Crippen LogP contribution >= 0.6 is 0 Å². The summed E-state index contributed by atoms with van der Waals surface area (Å²) in [5.41, 5.74) is 9.05. The first-order valence-electron chi connectivity index (χ1n) is 18.6. The van der Waals surface area contributed by atoms with E-state index in [9.17, 15) is 14.4 Å². The molecule has 6 aromatic rings. The van der Waals surface area contributed by atoms with Crippen molar-refractivity contribution in [3.8, 4) is 5.75 Å². The highest BCUT2D eigenvalue weighted by atomic mass is 16.5. The quantitative estimate of drug-likeness (QED) is 0.132. The molecule has 266 valence electrons. The number of ether oxygens (including phenoxy) is 1. The largest absolute Gasteiger partial charge is 0.489 e. The molecule has 1 N–H and O–H groups in total. The molecule has 7 nitrogen and oxygen atoms in total. The molecule has 3 aliphatic rings. The summed E-state index contributed by atoms with van der Waals surface area (Å²) in [4.78, 5) is 44.8. The number of nitrogens with zero attached hydrogens (tertiary/aromatic N) is 2. The SMILES string of the molecule is Cc1ccc2ccccc2c1COc1ccc(/C=C2\C(=O)NC(=O)N(c3cc4c5c(c3)[C@@H](c3ccccc3)CCN5CC[C@@H]4c3ccccc3)C2=O)cc1. The van der Waals surface area contributed by atoms with Crippen molar-refractivity contribution in [1.29, 1.82) is 0 Å². The van der Waals surface area contributed by atoms with Gasteiger partial charge in [-0.2, -0.15) is 0 Å². The van der Waals surface area contributed by atoms with Crippen molar-refractivity contribution in [3.05, 3.63) is 178 Å².